The zero-order valence-corrected chi connectivity index (χ0v) is 14.3. The van der Waals surface area contributed by atoms with Crippen LogP contribution in [0.2, 0.25) is 0 Å². The summed E-state index contributed by atoms with van der Waals surface area (Å²) in [6.07, 6.45) is 0. The number of esters is 1. The quantitative estimate of drug-likeness (QED) is 0.612. The molecule has 0 saturated heterocycles. The maximum Gasteiger partial charge on any atom is 0.344 e. The Labute approximate surface area is 144 Å². The summed E-state index contributed by atoms with van der Waals surface area (Å²) in [6, 6.07) is 8.81. The molecule has 1 heterocycles. The molecule has 0 aliphatic heterocycles. The van der Waals surface area contributed by atoms with E-state index in [1.165, 1.54) is 13.8 Å². The third kappa shape index (κ3) is 4.47. The number of amides is 1. The molecule has 7 nitrogen and oxygen atoms in total. The van der Waals surface area contributed by atoms with Gasteiger partial charge in [-0.25, -0.2) is 4.79 Å². The van der Waals surface area contributed by atoms with Crippen LogP contribution < -0.4 is 10.1 Å². The van der Waals surface area contributed by atoms with Gasteiger partial charge in [-0.2, -0.15) is 0 Å². The van der Waals surface area contributed by atoms with E-state index in [1.54, 1.807) is 31.2 Å². The largest absolute Gasteiger partial charge is 0.484 e. The molecule has 0 aliphatic rings. The number of furan rings is 1. The average molecular weight is 345 g/mol. The summed E-state index contributed by atoms with van der Waals surface area (Å²) < 4.78 is 15.7. The highest BCUT2D eigenvalue weighted by Crippen LogP contribution is 2.28. The molecule has 1 aromatic heterocycles. The summed E-state index contributed by atoms with van der Waals surface area (Å²) in [5.41, 5.74) is 0.0117. The van der Waals surface area contributed by atoms with Crippen LogP contribution in [-0.2, 0) is 9.53 Å². The van der Waals surface area contributed by atoms with Crippen molar-refractivity contribution in [1.29, 1.82) is 0 Å². The van der Waals surface area contributed by atoms with E-state index in [4.69, 9.17) is 13.9 Å². The molecule has 0 saturated carbocycles. The number of anilines is 1. The number of aryl methyl sites for hydroxylation is 1. The molecule has 0 atom stereocenters. The highest BCUT2D eigenvalue weighted by molar-refractivity contribution is 6.10. The van der Waals surface area contributed by atoms with Crippen molar-refractivity contribution in [2.24, 2.45) is 0 Å². The van der Waals surface area contributed by atoms with Crippen LogP contribution >= 0.6 is 0 Å². The van der Waals surface area contributed by atoms with Crippen LogP contribution in [0.25, 0.3) is 0 Å². The smallest absolute Gasteiger partial charge is 0.344 e. The molecule has 0 spiro atoms. The summed E-state index contributed by atoms with van der Waals surface area (Å²) in [5, 5.41) is 2.45. The molecule has 7 heteroatoms. The molecule has 0 radical (unpaired) electrons. The van der Waals surface area contributed by atoms with E-state index >= 15 is 0 Å². The van der Waals surface area contributed by atoms with Gasteiger partial charge in [-0.05, 0) is 32.9 Å². The Hall–Kier alpha value is -3.09. The van der Waals surface area contributed by atoms with Crippen LogP contribution in [0.3, 0.4) is 0 Å². The summed E-state index contributed by atoms with van der Waals surface area (Å²) >= 11 is 0. The third-order valence-electron chi connectivity index (χ3n) is 3.28. The molecular weight excluding hydrogens is 326 g/mol. The topological polar surface area (TPSA) is 94.8 Å². The van der Waals surface area contributed by atoms with Crippen molar-refractivity contribution in [2.45, 2.75) is 20.8 Å². The maximum absolute atomic E-state index is 12.1. The number of hydrogen-bond donors (Lipinski definition) is 1. The predicted octanol–water partition coefficient (Wildman–Crippen LogP) is 2.98. The summed E-state index contributed by atoms with van der Waals surface area (Å²) in [5.74, 6) is -0.978. The first kappa shape index (κ1) is 18.3. The van der Waals surface area contributed by atoms with E-state index in [0.717, 1.165) is 0 Å². The van der Waals surface area contributed by atoms with E-state index in [1.807, 2.05) is 6.07 Å². The Morgan fingerprint density at radius 3 is 2.40 bits per heavy atom. The number of Topliss-reactive ketones (excluding diaryl/α,β-unsaturated/α-hetero) is 1. The van der Waals surface area contributed by atoms with Crippen LogP contribution in [0.15, 0.2) is 34.7 Å². The Balaban J connectivity index is 2.17. The van der Waals surface area contributed by atoms with Gasteiger partial charge in [0.25, 0.3) is 5.91 Å². The minimum absolute atomic E-state index is 0.0834. The SMILES string of the molecule is CCOC(=O)c1c(NC(=O)COc2ccccc2)oc(C)c1C(C)=O. The molecule has 1 amide bonds. The van der Waals surface area contributed by atoms with Crippen molar-refractivity contribution < 1.29 is 28.3 Å². The molecule has 0 bridgehead atoms. The second-order valence-corrected chi connectivity index (χ2v) is 5.16. The number of nitrogens with one attached hydrogen (secondary N) is 1. The molecular formula is C18H19NO6. The second-order valence-electron chi connectivity index (χ2n) is 5.16. The fourth-order valence-electron chi connectivity index (χ4n) is 2.28. The molecule has 1 N–H and O–H groups in total. The van der Waals surface area contributed by atoms with Crippen LogP contribution in [0.5, 0.6) is 5.75 Å². The Morgan fingerprint density at radius 1 is 1.12 bits per heavy atom. The number of ketones is 1. The van der Waals surface area contributed by atoms with E-state index in [9.17, 15) is 14.4 Å². The maximum atomic E-state index is 12.1. The van der Waals surface area contributed by atoms with Crippen molar-refractivity contribution in [3.05, 3.63) is 47.2 Å². The minimum atomic E-state index is -0.733. The van der Waals surface area contributed by atoms with E-state index < -0.39 is 11.9 Å². The van der Waals surface area contributed by atoms with Crippen molar-refractivity contribution >= 4 is 23.5 Å². The van der Waals surface area contributed by atoms with Gasteiger partial charge in [0.15, 0.2) is 12.4 Å². The fourth-order valence-corrected chi connectivity index (χ4v) is 2.28. The first-order valence-electron chi connectivity index (χ1n) is 7.73. The second kappa shape index (κ2) is 8.14. The van der Waals surface area contributed by atoms with E-state index in [2.05, 4.69) is 5.32 Å². The van der Waals surface area contributed by atoms with Gasteiger partial charge in [0.2, 0.25) is 5.88 Å². The summed E-state index contributed by atoms with van der Waals surface area (Å²) in [6.45, 7) is 4.34. The number of benzene rings is 1. The van der Waals surface area contributed by atoms with Crippen LogP contribution in [0, 0.1) is 6.92 Å². The highest BCUT2D eigenvalue weighted by Gasteiger charge is 2.28. The summed E-state index contributed by atoms with van der Waals surface area (Å²) in [4.78, 5) is 36.0. The number of rotatable bonds is 7. The van der Waals surface area contributed by atoms with Crippen molar-refractivity contribution in [3.63, 3.8) is 0 Å². The first-order chi connectivity index (χ1) is 11.9. The van der Waals surface area contributed by atoms with E-state index in [-0.39, 0.29) is 41.8 Å². The lowest BCUT2D eigenvalue weighted by Crippen LogP contribution is -2.21. The molecule has 2 rings (SSSR count). The number of para-hydroxylation sites is 1. The molecule has 0 aliphatic carbocycles. The Kier molecular flexibility index (Phi) is 5.94. The van der Waals surface area contributed by atoms with Gasteiger partial charge in [-0.1, -0.05) is 18.2 Å². The van der Waals surface area contributed by atoms with Crippen LogP contribution in [0.4, 0.5) is 5.88 Å². The van der Waals surface area contributed by atoms with E-state index in [0.29, 0.717) is 5.75 Å². The monoisotopic (exact) mass is 345 g/mol. The number of hydrogen-bond acceptors (Lipinski definition) is 6. The van der Waals surface area contributed by atoms with Gasteiger partial charge in [-0.3, -0.25) is 14.9 Å². The standard InChI is InChI=1S/C18H19NO6/c1-4-23-18(22)16-15(11(2)20)12(3)25-17(16)19-14(21)10-24-13-8-6-5-7-9-13/h5-9H,4,10H2,1-3H3,(H,19,21). The Bertz CT molecular complexity index is 778. The van der Waals surface area contributed by atoms with Crippen molar-refractivity contribution in [2.75, 3.05) is 18.5 Å². The first-order valence-corrected chi connectivity index (χ1v) is 7.73. The fraction of sp³-hybridized carbons (Fsp3) is 0.278. The number of carbonyl (C=O) groups is 3. The molecule has 25 heavy (non-hydrogen) atoms. The summed E-state index contributed by atoms with van der Waals surface area (Å²) in [7, 11) is 0. The normalized spacial score (nSPS) is 10.2. The van der Waals surface area contributed by atoms with Gasteiger partial charge >= 0.3 is 5.97 Å². The zero-order chi connectivity index (χ0) is 18.4. The lowest BCUT2D eigenvalue weighted by atomic mass is 10.1. The average Bonchev–Trinajstić information content (AvgIpc) is 2.90. The minimum Gasteiger partial charge on any atom is -0.484 e. The number of ether oxygens (including phenoxy) is 2. The lowest BCUT2D eigenvalue weighted by Gasteiger charge is -2.07. The zero-order valence-electron chi connectivity index (χ0n) is 14.3. The van der Waals surface area contributed by atoms with Gasteiger partial charge in [0.05, 0.1) is 12.2 Å². The molecule has 1 aromatic carbocycles. The molecule has 132 valence electrons. The van der Waals surface area contributed by atoms with Crippen molar-refractivity contribution in [1.82, 2.24) is 0 Å². The van der Waals surface area contributed by atoms with Crippen molar-refractivity contribution in [3.8, 4) is 5.75 Å². The van der Waals surface area contributed by atoms with Gasteiger partial charge < -0.3 is 13.9 Å². The lowest BCUT2D eigenvalue weighted by molar-refractivity contribution is -0.118. The molecule has 2 aromatic rings. The van der Waals surface area contributed by atoms with Crippen LogP contribution in [0.1, 0.15) is 40.3 Å². The van der Waals surface area contributed by atoms with Gasteiger partial charge in [-0.15, -0.1) is 0 Å². The molecule has 0 unspecified atom stereocenters. The Morgan fingerprint density at radius 2 is 1.80 bits per heavy atom. The highest BCUT2D eigenvalue weighted by atomic mass is 16.5. The third-order valence-corrected chi connectivity index (χ3v) is 3.28. The van der Waals surface area contributed by atoms with Gasteiger partial charge in [0.1, 0.15) is 17.1 Å². The van der Waals surface area contributed by atoms with Crippen LogP contribution in [-0.4, -0.2) is 30.9 Å². The predicted molar refractivity (Wildman–Crippen MR) is 90.0 cm³/mol. The van der Waals surface area contributed by atoms with Gasteiger partial charge in [0, 0.05) is 0 Å². The molecule has 0 fully saturated rings. The number of carbonyl (C=O) groups excluding carboxylic acids is 3.